The zero-order valence-electron chi connectivity index (χ0n) is 10.8. The van der Waals surface area contributed by atoms with Crippen molar-refractivity contribution in [3.8, 4) is 5.75 Å². The summed E-state index contributed by atoms with van der Waals surface area (Å²) in [4.78, 5) is 22.7. The van der Waals surface area contributed by atoms with Gasteiger partial charge in [-0.2, -0.15) is 0 Å². The largest absolute Gasteiger partial charge is 0.506 e. The predicted octanol–water partition coefficient (Wildman–Crippen LogP) is 2.41. The number of anilines is 1. The van der Waals surface area contributed by atoms with Crippen LogP contribution in [0.3, 0.4) is 0 Å². The Morgan fingerprint density at radius 1 is 1.14 bits per heavy atom. The highest BCUT2D eigenvalue weighted by Crippen LogP contribution is 2.24. The molecule has 0 heterocycles. The number of carbonyl (C=O) groups excluding carboxylic acids is 1. The van der Waals surface area contributed by atoms with Crippen LogP contribution in [0.25, 0.3) is 0 Å². The second kappa shape index (κ2) is 6.04. The van der Waals surface area contributed by atoms with Gasteiger partial charge in [-0.3, -0.25) is 4.79 Å². The molecule has 1 amide bonds. The quantitative estimate of drug-likeness (QED) is 0.754. The molecule has 0 saturated carbocycles. The molecule has 0 radical (unpaired) electrons. The molecule has 5 nitrogen and oxygen atoms in total. The Balaban J connectivity index is 2.15. The first-order valence-corrected chi connectivity index (χ1v) is 6.07. The molecular weight excluding hydrogens is 277 g/mol. The van der Waals surface area contributed by atoms with Crippen molar-refractivity contribution >= 4 is 17.6 Å². The molecule has 0 aliphatic rings. The number of benzene rings is 2. The van der Waals surface area contributed by atoms with E-state index in [0.29, 0.717) is 0 Å². The molecule has 0 aliphatic heterocycles. The van der Waals surface area contributed by atoms with Crippen LogP contribution in [0.1, 0.15) is 15.9 Å². The number of carboxylic acid groups (broad SMARTS) is 1. The molecule has 6 heteroatoms. The van der Waals surface area contributed by atoms with Crippen LogP contribution < -0.4 is 5.32 Å². The molecule has 0 aliphatic carbocycles. The molecule has 0 fully saturated rings. The first-order chi connectivity index (χ1) is 9.97. The fourth-order valence-electron chi connectivity index (χ4n) is 1.78. The minimum atomic E-state index is -1.18. The van der Waals surface area contributed by atoms with Gasteiger partial charge >= 0.3 is 5.97 Å². The van der Waals surface area contributed by atoms with Crippen LogP contribution in [-0.4, -0.2) is 22.1 Å². The minimum Gasteiger partial charge on any atom is -0.506 e. The first kappa shape index (κ1) is 14.5. The van der Waals surface area contributed by atoms with E-state index in [0.717, 1.165) is 6.07 Å². The Hall–Kier alpha value is -2.89. The number of amides is 1. The lowest BCUT2D eigenvalue weighted by atomic mass is 10.1. The molecule has 0 aromatic heterocycles. The lowest BCUT2D eigenvalue weighted by Crippen LogP contribution is -2.15. The van der Waals surface area contributed by atoms with E-state index < -0.39 is 17.7 Å². The fraction of sp³-hybridized carbons (Fsp3) is 0.0667. The van der Waals surface area contributed by atoms with Crippen LogP contribution in [-0.2, 0) is 11.2 Å². The summed E-state index contributed by atoms with van der Waals surface area (Å²) >= 11 is 0. The van der Waals surface area contributed by atoms with Gasteiger partial charge in [0.05, 0.1) is 17.7 Å². The number of phenols is 1. The highest BCUT2D eigenvalue weighted by molar-refractivity contribution is 5.96. The van der Waals surface area contributed by atoms with Crippen LogP contribution >= 0.6 is 0 Å². The number of hydrogen-bond donors (Lipinski definition) is 3. The molecule has 2 aromatic carbocycles. The number of aromatic hydroxyl groups is 1. The van der Waals surface area contributed by atoms with Gasteiger partial charge in [0.2, 0.25) is 5.91 Å². The molecule has 2 rings (SSSR count). The van der Waals surface area contributed by atoms with Gasteiger partial charge in [0.1, 0.15) is 11.6 Å². The number of phenolic OH excluding ortho intramolecular Hbond substituents is 1. The third kappa shape index (κ3) is 3.56. The molecular formula is C15H12FNO4. The Labute approximate surface area is 119 Å². The van der Waals surface area contributed by atoms with Gasteiger partial charge < -0.3 is 15.5 Å². The van der Waals surface area contributed by atoms with Crippen molar-refractivity contribution in [1.29, 1.82) is 0 Å². The van der Waals surface area contributed by atoms with Crippen LogP contribution in [0, 0.1) is 5.82 Å². The average Bonchev–Trinajstić information content (AvgIpc) is 2.43. The SMILES string of the molecule is O=C(Cc1ccccc1F)Nc1cc(C(=O)O)ccc1O. The zero-order chi connectivity index (χ0) is 15.4. The summed E-state index contributed by atoms with van der Waals surface area (Å²) in [6.07, 6.45) is -0.219. The maximum atomic E-state index is 13.4. The van der Waals surface area contributed by atoms with E-state index in [1.54, 1.807) is 6.07 Å². The number of nitrogens with one attached hydrogen (secondary N) is 1. The Morgan fingerprint density at radius 3 is 2.52 bits per heavy atom. The topological polar surface area (TPSA) is 86.6 Å². The summed E-state index contributed by atoms with van der Waals surface area (Å²) < 4.78 is 13.4. The van der Waals surface area contributed by atoms with Crippen molar-refractivity contribution < 1.29 is 24.2 Å². The predicted molar refractivity (Wildman–Crippen MR) is 73.8 cm³/mol. The van der Waals surface area contributed by atoms with Gasteiger partial charge in [-0.1, -0.05) is 18.2 Å². The highest BCUT2D eigenvalue weighted by Gasteiger charge is 2.12. The Morgan fingerprint density at radius 2 is 1.86 bits per heavy atom. The average molecular weight is 289 g/mol. The van der Waals surface area contributed by atoms with Crippen LogP contribution in [0.5, 0.6) is 5.75 Å². The minimum absolute atomic E-state index is 0.0313. The van der Waals surface area contributed by atoms with Crippen LogP contribution in [0.2, 0.25) is 0 Å². The van der Waals surface area contributed by atoms with Crippen LogP contribution in [0.4, 0.5) is 10.1 Å². The van der Waals surface area contributed by atoms with Crippen molar-refractivity contribution in [1.82, 2.24) is 0 Å². The smallest absolute Gasteiger partial charge is 0.335 e. The molecule has 0 spiro atoms. The molecule has 0 atom stereocenters. The van der Waals surface area contributed by atoms with Gasteiger partial charge in [-0.05, 0) is 29.8 Å². The van der Waals surface area contributed by atoms with E-state index in [1.165, 1.54) is 30.3 Å². The summed E-state index contributed by atoms with van der Waals surface area (Å²) in [5.74, 6) is -2.50. The van der Waals surface area contributed by atoms with Gasteiger partial charge in [-0.15, -0.1) is 0 Å². The summed E-state index contributed by atoms with van der Waals surface area (Å²) in [7, 11) is 0. The molecule has 3 N–H and O–H groups in total. The lowest BCUT2D eigenvalue weighted by molar-refractivity contribution is -0.115. The third-order valence-corrected chi connectivity index (χ3v) is 2.83. The van der Waals surface area contributed by atoms with Gasteiger partial charge in [-0.25, -0.2) is 9.18 Å². The van der Waals surface area contributed by atoms with Crippen molar-refractivity contribution in [2.75, 3.05) is 5.32 Å². The Kier molecular flexibility index (Phi) is 4.18. The van der Waals surface area contributed by atoms with Crippen LogP contribution in [0.15, 0.2) is 42.5 Å². The molecule has 108 valence electrons. The van der Waals surface area contributed by atoms with Crippen molar-refractivity contribution in [3.63, 3.8) is 0 Å². The maximum Gasteiger partial charge on any atom is 0.335 e. The molecule has 0 bridgehead atoms. The number of carbonyl (C=O) groups is 2. The molecule has 0 saturated heterocycles. The summed E-state index contributed by atoms with van der Waals surface area (Å²) in [5, 5.41) is 20.8. The number of carboxylic acids is 1. The standard InChI is InChI=1S/C15H12FNO4/c16-11-4-2-1-3-9(11)8-14(19)17-12-7-10(15(20)21)5-6-13(12)18/h1-7,18H,8H2,(H,17,19)(H,20,21). The summed E-state index contributed by atoms with van der Waals surface area (Å²) in [6, 6.07) is 9.35. The number of rotatable bonds is 4. The van der Waals surface area contributed by atoms with Crippen molar-refractivity contribution in [2.24, 2.45) is 0 Å². The van der Waals surface area contributed by atoms with E-state index in [4.69, 9.17) is 5.11 Å². The lowest BCUT2D eigenvalue weighted by Gasteiger charge is -2.08. The number of hydrogen-bond acceptors (Lipinski definition) is 3. The van der Waals surface area contributed by atoms with Gasteiger partial charge in [0, 0.05) is 0 Å². The normalized spacial score (nSPS) is 10.1. The highest BCUT2D eigenvalue weighted by atomic mass is 19.1. The van der Waals surface area contributed by atoms with E-state index >= 15 is 0 Å². The molecule has 2 aromatic rings. The van der Waals surface area contributed by atoms with Gasteiger partial charge in [0.15, 0.2) is 0 Å². The van der Waals surface area contributed by atoms with E-state index in [9.17, 15) is 19.1 Å². The van der Waals surface area contributed by atoms with Crippen molar-refractivity contribution in [2.45, 2.75) is 6.42 Å². The number of halogens is 1. The number of aromatic carboxylic acids is 1. The summed E-state index contributed by atoms with van der Waals surface area (Å²) in [5.41, 5.74) is 0.106. The third-order valence-electron chi connectivity index (χ3n) is 2.83. The second-order valence-corrected chi connectivity index (χ2v) is 4.35. The Bertz CT molecular complexity index is 700. The van der Waals surface area contributed by atoms with E-state index in [2.05, 4.69) is 5.32 Å². The second-order valence-electron chi connectivity index (χ2n) is 4.35. The van der Waals surface area contributed by atoms with E-state index in [-0.39, 0.29) is 29.0 Å². The molecule has 21 heavy (non-hydrogen) atoms. The van der Waals surface area contributed by atoms with Crippen molar-refractivity contribution in [3.05, 3.63) is 59.4 Å². The van der Waals surface area contributed by atoms with Gasteiger partial charge in [0.25, 0.3) is 0 Å². The molecule has 0 unspecified atom stereocenters. The van der Waals surface area contributed by atoms with E-state index in [1.807, 2.05) is 0 Å². The fourth-order valence-corrected chi connectivity index (χ4v) is 1.78. The zero-order valence-corrected chi connectivity index (χ0v) is 10.8. The monoisotopic (exact) mass is 289 g/mol. The first-order valence-electron chi connectivity index (χ1n) is 6.07. The maximum absolute atomic E-state index is 13.4. The summed E-state index contributed by atoms with van der Waals surface area (Å²) in [6.45, 7) is 0.